The smallest absolute Gasteiger partial charge is 0.142 e. The average Bonchev–Trinajstić information content (AvgIpc) is 2.47. The zero-order valence-corrected chi connectivity index (χ0v) is 15.4. The Morgan fingerprint density at radius 3 is 2.76 bits per heavy atom. The van der Waals surface area contributed by atoms with Gasteiger partial charge in [0.2, 0.25) is 0 Å². The molecule has 0 aliphatic carbocycles. The third-order valence-corrected chi connectivity index (χ3v) is 7.43. The number of thioether (sulfide) groups is 2. The van der Waals surface area contributed by atoms with E-state index in [1.807, 2.05) is 29.7 Å². The fourth-order valence-corrected chi connectivity index (χ4v) is 5.32. The molecule has 0 saturated carbocycles. The molecule has 3 nitrogen and oxygen atoms in total. The molecular weight excluding hydrogens is 298 g/mol. The van der Waals surface area contributed by atoms with Crippen LogP contribution in [-0.2, 0) is 0 Å². The van der Waals surface area contributed by atoms with E-state index in [4.69, 9.17) is 4.98 Å². The van der Waals surface area contributed by atoms with Gasteiger partial charge in [0.1, 0.15) is 5.82 Å². The number of hydrogen-bond acceptors (Lipinski definition) is 5. The first kappa shape index (κ1) is 17.1. The Bertz CT molecular complexity index is 467. The highest BCUT2D eigenvalue weighted by atomic mass is 32.2. The number of aromatic nitrogens is 2. The molecule has 5 heteroatoms. The lowest BCUT2D eigenvalue weighted by atomic mass is 10.1. The molecule has 0 amide bonds. The molecule has 2 heterocycles. The minimum atomic E-state index is 0.325. The van der Waals surface area contributed by atoms with Crippen LogP contribution >= 0.6 is 23.5 Å². The highest BCUT2D eigenvalue weighted by Crippen LogP contribution is 2.43. The average molecular weight is 326 g/mol. The largest absolute Gasteiger partial charge is 0.310 e. The maximum atomic E-state index is 4.80. The summed E-state index contributed by atoms with van der Waals surface area (Å²) in [6.45, 7) is 12.1. The molecule has 1 saturated heterocycles. The third-order valence-electron chi connectivity index (χ3n) is 4.04. The molecule has 2 rings (SSSR count). The molecule has 1 fully saturated rings. The maximum absolute atomic E-state index is 4.80. The second kappa shape index (κ2) is 7.84. The van der Waals surface area contributed by atoms with Crippen molar-refractivity contribution in [3.63, 3.8) is 0 Å². The number of nitrogens with one attached hydrogen (secondary N) is 1. The SMILES string of the molecule is CCCNC(C)c1cnc(C2CSC(C)C(C)S2)nc1C. The van der Waals surface area contributed by atoms with E-state index in [1.165, 1.54) is 5.56 Å². The second-order valence-electron chi connectivity index (χ2n) is 5.81. The number of rotatable bonds is 5. The quantitative estimate of drug-likeness (QED) is 0.880. The van der Waals surface area contributed by atoms with Gasteiger partial charge >= 0.3 is 0 Å². The summed E-state index contributed by atoms with van der Waals surface area (Å²) in [4.78, 5) is 9.47. The monoisotopic (exact) mass is 325 g/mol. The van der Waals surface area contributed by atoms with Crippen molar-refractivity contribution < 1.29 is 0 Å². The summed E-state index contributed by atoms with van der Waals surface area (Å²) in [6, 6.07) is 0.325. The summed E-state index contributed by atoms with van der Waals surface area (Å²) >= 11 is 4.07. The fourth-order valence-electron chi connectivity index (χ4n) is 2.46. The van der Waals surface area contributed by atoms with Gasteiger partial charge in [-0.25, -0.2) is 9.97 Å². The summed E-state index contributed by atoms with van der Waals surface area (Å²) in [5.74, 6) is 2.13. The Balaban J connectivity index is 2.08. The molecule has 4 unspecified atom stereocenters. The molecule has 4 atom stereocenters. The van der Waals surface area contributed by atoms with Crippen molar-refractivity contribution >= 4 is 23.5 Å². The molecule has 21 heavy (non-hydrogen) atoms. The Labute approximate surface area is 137 Å². The molecule has 1 aliphatic heterocycles. The molecule has 0 radical (unpaired) electrons. The van der Waals surface area contributed by atoms with Crippen LogP contribution in [0.2, 0.25) is 0 Å². The van der Waals surface area contributed by atoms with E-state index < -0.39 is 0 Å². The van der Waals surface area contributed by atoms with E-state index in [0.717, 1.165) is 35.5 Å². The van der Waals surface area contributed by atoms with E-state index in [0.29, 0.717) is 16.5 Å². The molecule has 118 valence electrons. The van der Waals surface area contributed by atoms with Gasteiger partial charge in [-0.3, -0.25) is 0 Å². The summed E-state index contributed by atoms with van der Waals surface area (Å²) < 4.78 is 0. The van der Waals surface area contributed by atoms with E-state index in [-0.39, 0.29) is 0 Å². The number of nitrogens with zero attached hydrogens (tertiary/aromatic N) is 2. The first-order valence-corrected chi connectivity index (χ1v) is 9.86. The number of aryl methyl sites for hydroxylation is 1. The van der Waals surface area contributed by atoms with Gasteiger partial charge in [-0.1, -0.05) is 20.8 Å². The molecule has 0 bridgehead atoms. The third kappa shape index (κ3) is 4.36. The van der Waals surface area contributed by atoms with Crippen molar-refractivity contribution in [2.75, 3.05) is 12.3 Å². The lowest BCUT2D eigenvalue weighted by molar-refractivity contribution is 0.563. The zero-order chi connectivity index (χ0) is 15.4. The maximum Gasteiger partial charge on any atom is 0.142 e. The van der Waals surface area contributed by atoms with E-state index in [2.05, 4.69) is 44.9 Å². The van der Waals surface area contributed by atoms with E-state index >= 15 is 0 Å². The molecule has 0 aromatic carbocycles. The Hall–Kier alpha value is -0.260. The summed E-state index contributed by atoms with van der Waals surface area (Å²) in [5.41, 5.74) is 2.34. The highest BCUT2D eigenvalue weighted by molar-refractivity contribution is 8.07. The standard InChI is InChI=1S/C16H27N3S2/c1-6-7-17-10(2)14-8-18-16(19-11(14)3)15-9-20-12(4)13(5)21-15/h8,10,12-13,15,17H,6-7,9H2,1-5H3. The minimum absolute atomic E-state index is 0.325. The first-order valence-electron chi connectivity index (χ1n) is 7.86. The predicted molar refractivity (Wildman–Crippen MR) is 95.2 cm³/mol. The molecule has 1 aliphatic rings. The van der Waals surface area contributed by atoms with Crippen LogP contribution < -0.4 is 5.32 Å². The van der Waals surface area contributed by atoms with Gasteiger partial charge < -0.3 is 5.32 Å². The summed E-state index contributed by atoms with van der Waals surface area (Å²) in [6.07, 6.45) is 3.17. The first-order chi connectivity index (χ1) is 10.0. The van der Waals surface area contributed by atoms with Gasteiger partial charge in [0.15, 0.2) is 0 Å². The van der Waals surface area contributed by atoms with Crippen LogP contribution in [0.25, 0.3) is 0 Å². The van der Waals surface area contributed by atoms with Crippen LogP contribution in [0.3, 0.4) is 0 Å². The molecular formula is C16H27N3S2. The Morgan fingerprint density at radius 2 is 2.14 bits per heavy atom. The van der Waals surface area contributed by atoms with Crippen molar-refractivity contribution in [3.8, 4) is 0 Å². The van der Waals surface area contributed by atoms with Gasteiger partial charge in [-0.15, -0.1) is 11.8 Å². The van der Waals surface area contributed by atoms with Crippen molar-refractivity contribution in [2.45, 2.75) is 62.8 Å². The van der Waals surface area contributed by atoms with E-state index in [9.17, 15) is 0 Å². The van der Waals surface area contributed by atoms with Crippen molar-refractivity contribution in [1.82, 2.24) is 15.3 Å². The molecule has 1 N–H and O–H groups in total. The van der Waals surface area contributed by atoms with Gasteiger partial charge in [-0.2, -0.15) is 11.8 Å². The van der Waals surface area contributed by atoms with Crippen LogP contribution in [0.4, 0.5) is 0 Å². The molecule has 0 spiro atoms. The normalized spacial score (nSPS) is 27.6. The van der Waals surface area contributed by atoms with Gasteiger partial charge in [0, 0.05) is 39.7 Å². The Morgan fingerprint density at radius 1 is 1.38 bits per heavy atom. The zero-order valence-electron chi connectivity index (χ0n) is 13.7. The fraction of sp³-hybridized carbons (Fsp3) is 0.750. The van der Waals surface area contributed by atoms with Gasteiger partial charge in [0.25, 0.3) is 0 Å². The van der Waals surface area contributed by atoms with Gasteiger partial charge in [0.05, 0.1) is 5.25 Å². The summed E-state index contributed by atoms with van der Waals surface area (Å²) in [5, 5.41) is 5.35. The van der Waals surface area contributed by atoms with Crippen LogP contribution in [0, 0.1) is 6.92 Å². The lowest BCUT2D eigenvalue weighted by Crippen LogP contribution is -2.24. The topological polar surface area (TPSA) is 37.8 Å². The second-order valence-corrected chi connectivity index (χ2v) is 8.81. The van der Waals surface area contributed by atoms with Crippen LogP contribution in [-0.4, -0.2) is 32.8 Å². The van der Waals surface area contributed by atoms with Crippen LogP contribution in [0.15, 0.2) is 6.20 Å². The lowest BCUT2D eigenvalue weighted by Gasteiger charge is -2.30. The van der Waals surface area contributed by atoms with Crippen molar-refractivity contribution in [1.29, 1.82) is 0 Å². The van der Waals surface area contributed by atoms with Gasteiger partial charge in [-0.05, 0) is 26.8 Å². The summed E-state index contributed by atoms with van der Waals surface area (Å²) in [7, 11) is 0. The molecule has 1 aromatic heterocycles. The number of hydrogen-bond donors (Lipinski definition) is 1. The predicted octanol–water partition coefficient (Wildman–Crippen LogP) is 4.14. The molecule has 1 aromatic rings. The van der Waals surface area contributed by atoms with Crippen molar-refractivity contribution in [3.05, 3.63) is 23.3 Å². The van der Waals surface area contributed by atoms with Crippen molar-refractivity contribution in [2.24, 2.45) is 0 Å². The van der Waals surface area contributed by atoms with Crippen LogP contribution in [0.1, 0.15) is 62.5 Å². The van der Waals surface area contributed by atoms with E-state index in [1.54, 1.807) is 0 Å². The highest BCUT2D eigenvalue weighted by Gasteiger charge is 2.28. The Kier molecular flexibility index (Phi) is 6.38. The van der Waals surface area contributed by atoms with Crippen LogP contribution in [0.5, 0.6) is 0 Å². The minimum Gasteiger partial charge on any atom is -0.310 e.